The number of hydrogen-bond acceptors (Lipinski definition) is 6. The first kappa shape index (κ1) is 23.6. The highest BCUT2D eigenvalue weighted by Crippen LogP contribution is 2.20. The molecule has 0 radical (unpaired) electrons. The Morgan fingerprint density at radius 3 is 2.32 bits per heavy atom. The normalized spacial score (nSPS) is 15.4. The molecule has 2 amide bonds. The zero-order chi connectivity index (χ0) is 24.1. The second-order valence-corrected chi connectivity index (χ2v) is 9.66. The van der Waals surface area contributed by atoms with Gasteiger partial charge in [0.15, 0.2) is 0 Å². The van der Waals surface area contributed by atoms with Gasteiger partial charge < -0.3 is 15.4 Å². The van der Waals surface area contributed by atoms with Crippen LogP contribution in [0.4, 0.5) is 11.4 Å². The van der Waals surface area contributed by atoms with E-state index in [2.05, 4.69) is 15.7 Å². The number of anilines is 2. The lowest BCUT2D eigenvalue weighted by molar-refractivity contribution is -0.119. The van der Waals surface area contributed by atoms with Crippen LogP contribution in [0.2, 0.25) is 0 Å². The molecule has 2 heterocycles. The summed E-state index contributed by atoms with van der Waals surface area (Å²) in [5.41, 5.74) is 1.32. The third-order valence-corrected chi connectivity index (χ3v) is 7.33. The summed E-state index contributed by atoms with van der Waals surface area (Å²) in [7, 11) is -3.63. The second kappa shape index (κ2) is 10.2. The van der Waals surface area contributed by atoms with Crippen LogP contribution in [0.5, 0.6) is 0 Å². The highest BCUT2D eigenvalue weighted by Gasteiger charge is 2.26. The van der Waals surface area contributed by atoms with Gasteiger partial charge in [0, 0.05) is 42.4 Å². The van der Waals surface area contributed by atoms with Gasteiger partial charge in [-0.2, -0.15) is 9.40 Å². The lowest BCUT2D eigenvalue weighted by atomic mass is 10.2. The molecule has 2 N–H and O–H groups in total. The molecular weight excluding hydrogens is 458 g/mol. The molecule has 0 aliphatic carbocycles. The van der Waals surface area contributed by atoms with Crippen LogP contribution in [0.1, 0.15) is 23.3 Å². The zero-order valence-corrected chi connectivity index (χ0v) is 19.4. The first-order valence-electron chi connectivity index (χ1n) is 10.7. The van der Waals surface area contributed by atoms with Gasteiger partial charge in [0.25, 0.3) is 5.91 Å². The lowest BCUT2D eigenvalue weighted by Gasteiger charge is -2.26. The summed E-state index contributed by atoms with van der Waals surface area (Å²) < 4.78 is 33.6. The van der Waals surface area contributed by atoms with Crippen molar-refractivity contribution in [1.29, 1.82) is 0 Å². The average Bonchev–Trinajstić information content (AvgIpc) is 3.39. The van der Waals surface area contributed by atoms with Crippen molar-refractivity contribution in [3.05, 3.63) is 72.6 Å². The molecule has 178 valence electrons. The van der Waals surface area contributed by atoms with Crippen molar-refractivity contribution >= 4 is 33.2 Å². The fourth-order valence-corrected chi connectivity index (χ4v) is 4.88. The number of morpholine rings is 1. The number of sulfonamides is 1. The highest BCUT2D eigenvalue weighted by molar-refractivity contribution is 7.89. The first-order valence-corrected chi connectivity index (χ1v) is 12.2. The van der Waals surface area contributed by atoms with E-state index < -0.39 is 22.0 Å². The Labute approximate surface area is 197 Å². The minimum Gasteiger partial charge on any atom is -0.379 e. The molecule has 1 fully saturated rings. The molecule has 0 spiro atoms. The maximum Gasteiger partial charge on any atom is 0.255 e. The number of aromatic nitrogens is 2. The number of nitrogens with zero attached hydrogens (tertiary/aromatic N) is 3. The van der Waals surface area contributed by atoms with Crippen LogP contribution < -0.4 is 10.6 Å². The van der Waals surface area contributed by atoms with E-state index in [9.17, 15) is 18.0 Å². The van der Waals surface area contributed by atoms with Gasteiger partial charge in [-0.25, -0.2) is 8.42 Å². The Balaban J connectivity index is 1.40. The zero-order valence-electron chi connectivity index (χ0n) is 18.5. The van der Waals surface area contributed by atoms with Crippen molar-refractivity contribution in [3.63, 3.8) is 0 Å². The van der Waals surface area contributed by atoms with Gasteiger partial charge in [0.1, 0.15) is 6.04 Å². The maximum absolute atomic E-state index is 12.7. The SMILES string of the molecule is CC(C(=O)Nc1cccc(NC(=O)c2ccc(S(=O)(=O)N3CCOCC3)cc2)c1)n1cccn1. The quantitative estimate of drug-likeness (QED) is 0.532. The van der Waals surface area contributed by atoms with Crippen molar-refractivity contribution in [1.82, 2.24) is 14.1 Å². The van der Waals surface area contributed by atoms with Crippen molar-refractivity contribution in [2.45, 2.75) is 17.9 Å². The molecule has 1 aliphatic rings. The lowest BCUT2D eigenvalue weighted by Crippen LogP contribution is -2.40. The standard InChI is InChI=1S/C23H25N5O5S/c1-17(28-11-3-10-24-28)22(29)25-19-4-2-5-20(16-19)26-23(30)18-6-8-21(9-7-18)34(31,32)27-12-14-33-15-13-27/h2-11,16-17H,12-15H2,1H3,(H,25,29)(H,26,30). The van der Waals surface area contributed by atoms with Crippen LogP contribution in [-0.4, -0.2) is 60.6 Å². The molecule has 34 heavy (non-hydrogen) atoms. The predicted octanol–water partition coefficient (Wildman–Crippen LogP) is 2.36. The molecule has 1 saturated heterocycles. The summed E-state index contributed by atoms with van der Waals surface area (Å²) in [5.74, 6) is -0.645. The molecule has 11 heteroatoms. The number of hydrogen-bond donors (Lipinski definition) is 2. The third-order valence-electron chi connectivity index (χ3n) is 5.41. The Kier molecular flexibility index (Phi) is 7.06. The molecule has 4 rings (SSSR count). The third kappa shape index (κ3) is 5.33. The molecule has 0 saturated carbocycles. The molecule has 1 unspecified atom stereocenters. The maximum atomic E-state index is 12.7. The Morgan fingerprint density at radius 1 is 1.00 bits per heavy atom. The summed E-state index contributed by atoms with van der Waals surface area (Å²) in [6, 6.07) is 13.8. The van der Waals surface area contributed by atoms with Gasteiger partial charge in [-0.05, 0) is 55.5 Å². The molecule has 1 aromatic heterocycles. The Hall–Kier alpha value is -3.54. The number of carbonyl (C=O) groups excluding carboxylic acids is 2. The Morgan fingerprint density at radius 2 is 1.68 bits per heavy atom. The first-order chi connectivity index (χ1) is 16.3. The van der Waals surface area contributed by atoms with Crippen molar-refractivity contribution in [3.8, 4) is 0 Å². The van der Waals surface area contributed by atoms with Gasteiger partial charge in [0.2, 0.25) is 15.9 Å². The molecule has 1 aliphatic heterocycles. The van der Waals surface area contributed by atoms with Crippen LogP contribution in [0, 0.1) is 0 Å². The van der Waals surface area contributed by atoms with E-state index >= 15 is 0 Å². The van der Waals surface area contributed by atoms with Gasteiger partial charge in [-0.15, -0.1) is 0 Å². The van der Waals surface area contributed by atoms with Crippen LogP contribution in [-0.2, 0) is 19.6 Å². The van der Waals surface area contributed by atoms with Gasteiger partial charge in [-0.1, -0.05) is 6.07 Å². The molecule has 0 bridgehead atoms. The number of benzene rings is 2. The molecular formula is C23H25N5O5S. The highest BCUT2D eigenvalue weighted by atomic mass is 32.2. The Bertz CT molecular complexity index is 1250. The topological polar surface area (TPSA) is 123 Å². The predicted molar refractivity (Wildman–Crippen MR) is 126 cm³/mol. The van der Waals surface area contributed by atoms with Crippen LogP contribution in [0.3, 0.4) is 0 Å². The fourth-order valence-electron chi connectivity index (χ4n) is 3.47. The fraction of sp³-hybridized carbons (Fsp3) is 0.261. The number of nitrogens with one attached hydrogen (secondary N) is 2. The van der Waals surface area contributed by atoms with Crippen LogP contribution >= 0.6 is 0 Å². The number of carbonyl (C=O) groups is 2. The largest absolute Gasteiger partial charge is 0.379 e. The molecule has 2 aromatic carbocycles. The monoisotopic (exact) mass is 483 g/mol. The van der Waals surface area contributed by atoms with Gasteiger partial charge in [0.05, 0.1) is 18.1 Å². The van der Waals surface area contributed by atoms with Gasteiger partial charge >= 0.3 is 0 Å². The summed E-state index contributed by atoms with van der Waals surface area (Å²) in [4.78, 5) is 25.3. The van der Waals surface area contributed by atoms with Crippen LogP contribution in [0.15, 0.2) is 71.9 Å². The van der Waals surface area contributed by atoms with E-state index in [1.807, 2.05) is 0 Å². The van der Waals surface area contributed by atoms with E-state index in [1.165, 1.54) is 28.6 Å². The minimum absolute atomic E-state index is 0.127. The number of amides is 2. The van der Waals surface area contributed by atoms with E-state index in [1.54, 1.807) is 54.3 Å². The van der Waals surface area contributed by atoms with Crippen molar-refractivity contribution in [2.75, 3.05) is 36.9 Å². The second-order valence-electron chi connectivity index (χ2n) is 7.73. The molecule has 1 atom stereocenters. The summed E-state index contributed by atoms with van der Waals surface area (Å²) >= 11 is 0. The number of rotatable bonds is 7. The van der Waals surface area contributed by atoms with E-state index in [4.69, 9.17) is 4.74 Å². The smallest absolute Gasteiger partial charge is 0.255 e. The summed E-state index contributed by atoms with van der Waals surface area (Å²) in [5, 5.41) is 9.64. The van der Waals surface area contributed by atoms with Crippen molar-refractivity contribution < 1.29 is 22.7 Å². The molecule has 10 nitrogen and oxygen atoms in total. The summed E-state index contributed by atoms with van der Waals surface area (Å²) in [6.07, 6.45) is 3.31. The minimum atomic E-state index is -3.63. The number of ether oxygens (including phenoxy) is 1. The molecule has 3 aromatic rings. The van der Waals surface area contributed by atoms with Crippen LogP contribution in [0.25, 0.3) is 0 Å². The van der Waals surface area contributed by atoms with E-state index in [0.29, 0.717) is 43.2 Å². The van der Waals surface area contributed by atoms with Gasteiger partial charge in [-0.3, -0.25) is 14.3 Å². The van der Waals surface area contributed by atoms with E-state index in [-0.39, 0.29) is 10.8 Å². The van der Waals surface area contributed by atoms with Crippen molar-refractivity contribution in [2.24, 2.45) is 0 Å². The average molecular weight is 484 g/mol. The summed E-state index contributed by atoms with van der Waals surface area (Å²) in [6.45, 7) is 3.07. The van der Waals surface area contributed by atoms with E-state index in [0.717, 1.165) is 0 Å².